The summed E-state index contributed by atoms with van der Waals surface area (Å²) in [5.74, 6) is 0.175. The summed E-state index contributed by atoms with van der Waals surface area (Å²) < 4.78 is 31.3. The average Bonchev–Trinajstić information content (AvgIpc) is 2.70. The van der Waals surface area contributed by atoms with Crippen LogP contribution in [0.3, 0.4) is 0 Å². The van der Waals surface area contributed by atoms with E-state index in [9.17, 15) is 13.2 Å². The Bertz CT molecular complexity index is 1000. The van der Waals surface area contributed by atoms with Crippen LogP contribution in [0, 0.1) is 0 Å². The molecule has 0 aliphatic carbocycles. The molecule has 29 heavy (non-hydrogen) atoms. The zero-order valence-electron chi connectivity index (χ0n) is 17.2. The number of nitrogens with zero attached hydrogens (tertiary/aromatic N) is 2. The highest BCUT2D eigenvalue weighted by molar-refractivity contribution is 7.89. The number of benzene rings is 2. The number of nitrogens with one attached hydrogen (secondary N) is 1. The zero-order valence-corrected chi connectivity index (χ0v) is 18.0. The molecule has 2 aromatic rings. The Kier molecular flexibility index (Phi) is 6.14. The SMILES string of the molecule is COc1ccc(S(=O)(=O)N(C)C)cc1NC(=O)CN1c2ccccc2CC[C@@H]1C. The van der Waals surface area contributed by atoms with Crippen LogP contribution in [-0.4, -0.2) is 52.4 Å². The Labute approximate surface area is 172 Å². The van der Waals surface area contributed by atoms with Gasteiger partial charge in [-0.25, -0.2) is 12.7 Å². The third-order valence-corrected chi connectivity index (χ3v) is 7.01. The van der Waals surface area contributed by atoms with Crippen LogP contribution in [0.2, 0.25) is 0 Å². The number of aryl methyl sites for hydroxylation is 1. The first-order chi connectivity index (χ1) is 13.7. The standard InChI is InChI=1S/C21H27N3O4S/c1-15-9-10-16-7-5-6-8-19(16)24(15)14-21(25)22-18-13-17(11-12-20(18)28-4)29(26,27)23(2)3/h5-8,11-13,15H,9-10,14H2,1-4H3,(H,22,25)/t15-/m0/s1. The highest BCUT2D eigenvalue weighted by Gasteiger charge is 2.25. The third kappa shape index (κ3) is 4.38. The van der Waals surface area contributed by atoms with E-state index in [0.29, 0.717) is 11.4 Å². The van der Waals surface area contributed by atoms with Gasteiger partial charge in [0.25, 0.3) is 0 Å². The topological polar surface area (TPSA) is 79.0 Å². The predicted octanol–water partition coefficient (Wildman–Crippen LogP) is 2.73. The van der Waals surface area contributed by atoms with Crippen LogP contribution in [-0.2, 0) is 21.2 Å². The van der Waals surface area contributed by atoms with Gasteiger partial charge in [0.05, 0.1) is 24.2 Å². The summed E-state index contributed by atoms with van der Waals surface area (Å²) in [6, 6.07) is 12.8. The minimum absolute atomic E-state index is 0.0929. The van der Waals surface area contributed by atoms with Crippen molar-refractivity contribution >= 4 is 27.3 Å². The van der Waals surface area contributed by atoms with Crippen molar-refractivity contribution in [3.8, 4) is 5.75 Å². The lowest BCUT2D eigenvalue weighted by atomic mass is 9.96. The molecule has 0 spiro atoms. The number of methoxy groups -OCH3 is 1. The van der Waals surface area contributed by atoms with Gasteiger partial charge >= 0.3 is 0 Å². The Balaban J connectivity index is 1.84. The number of ether oxygens (including phenoxy) is 1. The lowest BCUT2D eigenvalue weighted by Crippen LogP contribution is -2.42. The second-order valence-corrected chi connectivity index (χ2v) is 9.49. The molecule has 156 valence electrons. The molecule has 1 aliphatic rings. The Morgan fingerprint density at radius 2 is 1.97 bits per heavy atom. The van der Waals surface area contributed by atoms with Crippen LogP contribution in [0.25, 0.3) is 0 Å². The van der Waals surface area contributed by atoms with Gasteiger partial charge in [-0.1, -0.05) is 18.2 Å². The number of sulfonamides is 1. The van der Waals surface area contributed by atoms with Crippen LogP contribution in [0.1, 0.15) is 18.9 Å². The maximum absolute atomic E-state index is 12.8. The Morgan fingerprint density at radius 3 is 2.66 bits per heavy atom. The lowest BCUT2D eigenvalue weighted by Gasteiger charge is -2.36. The summed E-state index contributed by atoms with van der Waals surface area (Å²) in [5.41, 5.74) is 2.63. The van der Waals surface area contributed by atoms with Gasteiger partial charge in [-0.3, -0.25) is 4.79 Å². The molecule has 1 atom stereocenters. The number of amides is 1. The van der Waals surface area contributed by atoms with Crippen molar-refractivity contribution in [2.75, 3.05) is 38.0 Å². The van der Waals surface area contributed by atoms with Crippen molar-refractivity contribution in [3.63, 3.8) is 0 Å². The van der Waals surface area contributed by atoms with E-state index in [0.717, 1.165) is 22.8 Å². The Hall–Kier alpha value is -2.58. The van der Waals surface area contributed by atoms with Crippen LogP contribution in [0.4, 0.5) is 11.4 Å². The predicted molar refractivity (Wildman–Crippen MR) is 114 cm³/mol. The van der Waals surface area contributed by atoms with Gasteiger partial charge in [-0.15, -0.1) is 0 Å². The number of carbonyl (C=O) groups is 1. The molecule has 1 aliphatic heterocycles. The fourth-order valence-electron chi connectivity index (χ4n) is 3.50. The smallest absolute Gasteiger partial charge is 0.244 e. The van der Waals surface area contributed by atoms with Gasteiger partial charge in [-0.05, 0) is 49.6 Å². The molecule has 0 saturated heterocycles. The van der Waals surface area contributed by atoms with Crippen molar-refractivity contribution in [2.24, 2.45) is 0 Å². The molecule has 8 heteroatoms. The summed E-state index contributed by atoms with van der Waals surface area (Å²) in [7, 11) is 0.791. The summed E-state index contributed by atoms with van der Waals surface area (Å²) >= 11 is 0. The van der Waals surface area contributed by atoms with E-state index in [-0.39, 0.29) is 23.4 Å². The molecule has 0 saturated carbocycles. The first kappa shape index (κ1) is 21.1. The quantitative estimate of drug-likeness (QED) is 0.782. The molecule has 0 aromatic heterocycles. The highest BCUT2D eigenvalue weighted by atomic mass is 32.2. The van der Waals surface area contributed by atoms with Crippen molar-refractivity contribution in [2.45, 2.75) is 30.7 Å². The van der Waals surface area contributed by atoms with E-state index >= 15 is 0 Å². The van der Waals surface area contributed by atoms with Crippen molar-refractivity contribution in [1.82, 2.24) is 4.31 Å². The average molecular weight is 418 g/mol. The van der Waals surface area contributed by atoms with E-state index in [2.05, 4.69) is 23.2 Å². The van der Waals surface area contributed by atoms with Gasteiger partial charge in [0.1, 0.15) is 5.75 Å². The number of fused-ring (bicyclic) bond motifs is 1. The molecule has 2 aromatic carbocycles. The maximum Gasteiger partial charge on any atom is 0.244 e. The van der Waals surface area contributed by atoms with Gasteiger partial charge in [-0.2, -0.15) is 0 Å². The summed E-state index contributed by atoms with van der Waals surface area (Å²) in [4.78, 5) is 15.0. The van der Waals surface area contributed by atoms with E-state index in [1.807, 2.05) is 18.2 Å². The van der Waals surface area contributed by atoms with Gasteiger partial charge in [0.15, 0.2) is 0 Å². The van der Waals surface area contributed by atoms with E-state index in [4.69, 9.17) is 4.74 Å². The van der Waals surface area contributed by atoms with Crippen LogP contribution in [0.5, 0.6) is 5.75 Å². The van der Waals surface area contributed by atoms with Crippen molar-refractivity contribution in [1.29, 1.82) is 0 Å². The van der Waals surface area contributed by atoms with E-state index < -0.39 is 10.0 Å². The minimum Gasteiger partial charge on any atom is -0.495 e. The largest absolute Gasteiger partial charge is 0.495 e. The summed E-state index contributed by atoms with van der Waals surface area (Å²) in [6.07, 6.45) is 1.97. The monoisotopic (exact) mass is 417 g/mol. The van der Waals surface area contributed by atoms with Crippen molar-refractivity contribution < 1.29 is 17.9 Å². The number of anilines is 2. The molecule has 0 bridgehead atoms. The van der Waals surface area contributed by atoms with Gasteiger partial charge in [0.2, 0.25) is 15.9 Å². The normalized spacial score (nSPS) is 16.4. The second-order valence-electron chi connectivity index (χ2n) is 7.34. The molecule has 3 rings (SSSR count). The van der Waals surface area contributed by atoms with E-state index in [1.165, 1.54) is 38.9 Å². The molecule has 7 nitrogen and oxygen atoms in total. The number of hydrogen-bond donors (Lipinski definition) is 1. The molecule has 0 fully saturated rings. The van der Waals surface area contributed by atoms with Gasteiger partial charge < -0.3 is 15.0 Å². The van der Waals surface area contributed by atoms with Crippen LogP contribution < -0.4 is 15.0 Å². The first-order valence-corrected chi connectivity index (χ1v) is 10.9. The van der Waals surface area contributed by atoms with Crippen LogP contribution in [0.15, 0.2) is 47.4 Å². The highest BCUT2D eigenvalue weighted by Crippen LogP contribution is 2.31. The number of carbonyl (C=O) groups excluding carboxylic acids is 1. The molecular formula is C21H27N3O4S. The van der Waals surface area contributed by atoms with Crippen molar-refractivity contribution in [3.05, 3.63) is 48.0 Å². The molecule has 1 heterocycles. The third-order valence-electron chi connectivity index (χ3n) is 5.20. The second kappa shape index (κ2) is 8.42. The Morgan fingerprint density at radius 1 is 1.24 bits per heavy atom. The molecule has 1 amide bonds. The molecule has 0 unspecified atom stereocenters. The summed E-state index contributed by atoms with van der Waals surface area (Å²) in [5, 5.41) is 2.82. The van der Waals surface area contributed by atoms with Gasteiger partial charge in [0, 0.05) is 25.8 Å². The van der Waals surface area contributed by atoms with Crippen LogP contribution >= 0.6 is 0 Å². The fourth-order valence-corrected chi connectivity index (χ4v) is 4.43. The van der Waals surface area contributed by atoms with E-state index in [1.54, 1.807) is 6.07 Å². The number of para-hydroxylation sites is 1. The fraction of sp³-hybridized carbons (Fsp3) is 0.381. The summed E-state index contributed by atoms with van der Waals surface area (Å²) in [6.45, 7) is 2.28. The lowest BCUT2D eigenvalue weighted by molar-refractivity contribution is -0.115. The molecular weight excluding hydrogens is 390 g/mol. The minimum atomic E-state index is -3.62. The zero-order chi connectivity index (χ0) is 21.2. The maximum atomic E-state index is 12.8. The molecule has 1 N–H and O–H groups in total. The number of hydrogen-bond acceptors (Lipinski definition) is 5. The molecule has 0 radical (unpaired) electrons. The first-order valence-electron chi connectivity index (χ1n) is 9.49. The number of rotatable bonds is 6.